The highest BCUT2D eigenvalue weighted by Gasteiger charge is 2.35. The van der Waals surface area contributed by atoms with Gasteiger partial charge in [0.05, 0.1) is 18.5 Å². The van der Waals surface area contributed by atoms with Gasteiger partial charge in [0.1, 0.15) is 0 Å². The lowest BCUT2D eigenvalue weighted by Gasteiger charge is -2.28. The minimum atomic E-state index is -0.665. The molecule has 0 aromatic rings. The summed E-state index contributed by atoms with van der Waals surface area (Å²) in [4.78, 5) is 0. The molecule has 2 heteroatoms. The molecule has 0 saturated carbocycles. The van der Waals surface area contributed by atoms with Gasteiger partial charge >= 0.3 is 0 Å². The van der Waals surface area contributed by atoms with E-state index in [2.05, 4.69) is 27.7 Å². The molecule has 0 saturated heterocycles. The zero-order chi connectivity index (χ0) is 22.2. The number of hydrogen-bond donors (Lipinski definition) is 0. The van der Waals surface area contributed by atoms with Gasteiger partial charge in [-0.05, 0) is 44.9 Å². The van der Waals surface area contributed by atoms with Gasteiger partial charge in [-0.15, -0.1) is 0 Å². The van der Waals surface area contributed by atoms with Crippen LogP contribution in [0.4, 0.5) is 0 Å². The smallest absolute Gasteiger partial charge is 0.0614 e. The molecule has 0 aliphatic rings. The topological polar surface area (TPSA) is 0 Å². The standard InChI is InChI=1S/C28H61P2/c1-5-9-13-16-19-22-26-30(29-25-12-8-4,27-23-20-17-14-10-6-2)28-24-21-18-15-11-7-3/h29H,5-28H2,1-4H3/q+1. The molecule has 1 unspecified atom stereocenters. The first-order chi connectivity index (χ1) is 14.7. The van der Waals surface area contributed by atoms with E-state index in [1.165, 1.54) is 117 Å². The van der Waals surface area contributed by atoms with Crippen LogP contribution in [0.25, 0.3) is 0 Å². The van der Waals surface area contributed by atoms with E-state index in [4.69, 9.17) is 0 Å². The first kappa shape index (κ1) is 30.9. The zero-order valence-electron chi connectivity index (χ0n) is 21.9. The predicted octanol–water partition coefficient (Wildman–Crippen LogP) is 11.5. The lowest BCUT2D eigenvalue weighted by atomic mass is 10.1. The monoisotopic (exact) mass is 459 g/mol. The molecular formula is C28H61P2+. The minimum Gasteiger partial charge on any atom is -0.0654 e. The molecule has 0 nitrogen and oxygen atoms in total. The second kappa shape index (κ2) is 24.5. The summed E-state index contributed by atoms with van der Waals surface area (Å²) in [6.07, 6.45) is 36.1. The molecule has 0 aromatic heterocycles. The van der Waals surface area contributed by atoms with Gasteiger partial charge in [-0.1, -0.05) is 111 Å². The fraction of sp³-hybridized carbons (Fsp3) is 1.00. The fourth-order valence-corrected chi connectivity index (χ4v) is 14.0. The van der Waals surface area contributed by atoms with Crippen molar-refractivity contribution in [3.05, 3.63) is 0 Å². The van der Waals surface area contributed by atoms with Crippen molar-refractivity contribution in [2.75, 3.05) is 24.6 Å². The average Bonchev–Trinajstić information content (AvgIpc) is 2.75. The second-order valence-electron chi connectivity index (χ2n) is 9.88. The molecule has 0 amide bonds. The largest absolute Gasteiger partial charge is 0.0654 e. The van der Waals surface area contributed by atoms with Gasteiger partial charge in [-0.25, -0.2) is 0 Å². The molecule has 0 aromatic carbocycles. The molecule has 0 aliphatic heterocycles. The van der Waals surface area contributed by atoms with Crippen LogP contribution in [0.3, 0.4) is 0 Å². The number of hydrogen-bond acceptors (Lipinski definition) is 0. The summed E-state index contributed by atoms with van der Waals surface area (Å²) >= 11 is 0. The van der Waals surface area contributed by atoms with E-state index < -0.39 is 6.95 Å². The molecule has 0 aliphatic carbocycles. The predicted molar refractivity (Wildman–Crippen MR) is 150 cm³/mol. The van der Waals surface area contributed by atoms with E-state index >= 15 is 0 Å². The highest BCUT2D eigenvalue weighted by atomic mass is 32.1. The van der Waals surface area contributed by atoms with E-state index in [9.17, 15) is 0 Å². The summed E-state index contributed by atoms with van der Waals surface area (Å²) in [6, 6.07) is 0. The van der Waals surface area contributed by atoms with Crippen LogP contribution in [0, 0.1) is 0 Å². The van der Waals surface area contributed by atoms with Crippen molar-refractivity contribution in [2.24, 2.45) is 0 Å². The first-order valence-corrected chi connectivity index (χ1v) is 18.7. The summed E-state index contributed by atoms with van der Waals surface area (Å²) < 4.78 is 0. The van der Waals surface area contributed by atoms with Gasteiger partial charge in [-0.2, -0.15) is 0 Å². The maximum Gasteiger partial charge on any atom is 0.0614 e. The van der Waals surface area contributed by atoms with Crippen LogP contribution in [-0.2, 0) is 0 Å². The van der Waals surface area contributed by atoms with Crippen LogP contribution in [0.2, 0.25) is 0 Å². The van der Waals surface area contributed by atoms with Gasteiger partial charge in [0.25, 0.3) is 0 Å². The highest BCUT2D eigenvalue weighted by molar-refractivity contribution is 8.31. The van der Waals surface area contributed by atoms with Crippen molar-refractivity contribution in [1.29, 1.82) is 0 Å². The highest BCUT2D eigenvalue weighted by Crippen LogP contribution is 2.75. The van der Waals surface area contributed by atoms with Crippen molar-refractivity contribution in [1.82, 2.24) is 0 Å². The average molecular weight is 460 g/mol. The Morgan fingerprint density at radius 2 is 0.667 bits per heavy atom. The van der Waals surface area contributed by atoms with Crippen molar-refractivity contribution in [3.63, 3.8) is 0 Å². The molecule has 30 heavy (non-hydrogen) atoms. The first-order valence-electron chi connectivity index (χ1n) is 14.4. The van der Waals surface area contributed by atoms with E-state index in [0.717, 1.165) is 0 Å². The maximum absolute atomic E-state index is 2.39. The Kier molecular flexibility index (Phi) is 25.2. The quantitative estimate of drug-likeness (QED) is 0.0940. The van der Waals surface area contributed by atoms with Crippen molar-refractivity contribution in [2.45, 2.75) is 156 Å². The van der Waals surface area contributed by atoms with Crippen LogP contribution >= 0.6 is 15.2 Å². The van der Waals surface area contributed by atoms with Crippen molar-refractivity contribution >= 4 is 15.2 Å². The van der Waals surface area contributed by atoms with E-state index in [0.29, 0.717) is 0 Å². The third-order valence-corrected chi connectivity index (χ3v) is 16.3. The van der Waals surface area contributed by atoms with E-state index in [1.54, 1.807) is 43.9 Å². The van der Waals surface area contributed by atoms with Crippen LogP contribution in [-0.4, -0.2) is 24.6 Å². The second-order valence-corrected chi connectivity index (χ2v) is 18.1. The van der Waals surface area contributed by atoms with Gasteiger partial charge < -0.3 is 0 Å². The van der Waals surface area contributed by atoms with E-state index in [1.807, 2.05) is 0 Å². The summed E-state index contributed by atoms with van der Waals surface area (Å²) in [5.41, 5.74) is 0. The molecule has 1 atom stereocenters. The van der Waals surface area contributed by atoms with Gasteiger partial charge in [0.15, 0.2) is 0 Å². The van der Waals surface area contributed by atoms with Crippen LogP contribution in [0.1, 0.15) is 156 Å². The lowest BCUT2D eigenvalue weighted by molar-refractivity contribution is 0.617. The summed E-state index contributed by atoms with van der Waals surface area (Å²) in [7, 11) is 1.35. The molecule has 0 bridgehead atoms. The number of rotatable bonds is 25. The Morgan fingerprint density at radius 3 is 1.00 bits per heavy atom. The number of unbranched alkanes of at least 4 members (excludes halogenated alkanes) is 16. The fourth-order valence-electron chi connectivity index (χ4n) is 4.65. The third-order valence-electron chi connectivity index (χ3n) is 6.80. The van der Waals surface area contributed by atoms with Gasteiger partial charge in [-0.3, -0.25) is 0 Å². The Labute approximate surface area is 195 Å². The van der Waals surface area contributed by atoms with Crippen molar-refractivity contribution < 1.29 is 0 Å². The van der Waals surface area contributed by atoms with Crippen LogP contribution < -0.4 is 0 Å². The molecule has 0 fully saturated rings. The third kappa shape index (κ3) is 19.5. The Hall–Kier alpha value is 0.860. The molecule has 0 radical (unpaired) electrons. The molecule has 0 rings (SSSR count). The minimum absolute atomic E-state index is 0.665. The molecule has 0 spiro atoms. The van der Waals surface area contributed by atoms with Crippen molar-refractivity contribution in [3.8, 4) is 0 Å². The normalized spacial score (nSPS) is 12.4. The summed E-state index contributed by atoms with van der Waals surface area (Å²) in [5.74, 6) is 0. The van der Waals surface area contributed by atoms with E-state index in [-0.39, 0.29) is 0 Å². The maximum atomic E-state index is 2.39. The van der Waals surface area contributed by atoms with Crippen LogP contribution in [0.5, 0.6) is 0 Å². The molecule has 0 heterocycles. The molecular weight excluding hydrogens is 398 g/mol. The SMILES string of the molecule is CCCCCCCC[P+](CCCCCCCC)(CCCCCCCC)PCCCC. The molecule has 182 valence electrons. The van der Waals surface area contributed by atoms with Gasteiger partial charge in [0.2, 0.25) is 0 Å². The Morgan fingerprint density at radius 1 is 0.367 bits per heavy atom. The zero-order valence-corrected chi connectivity index (χ0v) is 23.8. The lowest BCUT2D eigenvalue weighted by Crippen LogP contribution is -2.06. The summed E-state index contributed by atoms with van der Waals surface area (Å²) in [5, 5.41) is 0. The summed E-state index contributed by atoms with van der Waals surface area (Å²) in [6.45, 7) is 8.74. The Balaban J connectivity index is 4.61. The molecule has 0 N–H and O–H groups in total. The Bertz CT molecular complexity index is 275. The van der Waals surface area contributed by atoms with Gasteiger partial charge in [0, 0.05) is 21.4 Å². The van der Waals surface area contributed by atoms with Crippen LogP contribution in [0.15, 0.2) is 0 Å².